The van der Waals surface area contributed by atoms with Gasteiger partial charge in [0, 0.05) is 23.1 Å². The number of benzene rings is 2. The molecule has 0 aliphatic carbocycles. The van der Waals surface area contributed by atoms with Crippen LogP contribution in [0.1, 0.15) is 41.9 Å². The molecule has 4 heteroatoms. The Morgan fingerprint density at radius 3 is 2.07 bits per heavy atom. The van der Waals surface area contributed by atoms with Crippen LogP contribution in [0.5, 0.6) is 5.75 Å². The van der Waals surface area contributed by atoms with E-state index in [1.54, 1.807) is 17.8 Å². The molecule has 0 aliphatic heterocycles. The van der Waals surface area contributed by atoms with Gasteiger partial charge < -0.3 is 9.52 Å². The fourth-order valence-electron chi connectivity index (χ4n) is 3.61. The molecular weight excluding hydrogens is 380 g/mol. The maximum atomic E-state index is 12.8. The highest BCUT2D eigenvalue weighted by atomic mass is 32.2. The average molecular weight is 409 g/mol. The Morgan fingerprint density at radius 1 is 0.897 bits per heavy atom. The van der Waals surface area contributed by atoms with Gasteiger partial charge in [-0.3, -0.25) is 0 Å². The molecule has 29 heavy (non-hydrogen) atoms. The molecule has 1 N–H and O–H groups in total. The molecule has 1 aromatic heterocycles. The summed E-state index contributed by atoms with van der Waals surface area (Å²) in [4.78, 5) is 14.0. The Balaban J connectivity index is 1.87. The summed E-state index contributed by atoms with van der Waals surface area (Å²) < 4.78 is 5.60. The molecule has 0 unspecified atom stereocenters. The highest BCUT2D eigenvalue weighted by Gasteiger charge is 2.19. The van der Waals surface area contributed by atoms with Crippen LogP contribution in [0.2, 0.25) is 0 Å². The van der Waals surface area contributed by atoms with Crippen LogP contribution in [-0.4, -0.2) is 10.9 Å². The third-order valence-corrected chi connectivity index (χ3v) is 6.09. The van der Waals surface area contributed by atoms with Crippen molar-refractivity contribution in [3.05, 3.63) is 80.9 Å². The second-order valence-electron chi connectivity index (χ2n) is 7.34. The summed E-state index contributed by atoms with van der Waals surface area (Å²) in [5.74, 6) is 1.29. The minimum Gasteiger partial charge on any atom is -0.507 e. The Labute approximate surface area is 176 Å². The number of hydrogen-bond acceptors (Lipinski definition) is 4. The normalized spacial score (nSPS) is 11.0. The summed E-state index contributed by atoms with van der Waals surface area (Å²) >= 11 is 1.71. The van der Waals surface area contributed by atoms with Gasteiger partial charge in [0.1, 0.15) is 17.1 Å². The highest BCUT2D eigenvalue weighted by molar-refractivity contribution is 7.99. The predicted molar refractivity (Wildman–Crippen MR) is 121 cm³/mol. The van der Waals surface area contributed by atoms with Crippen molar-refractivity contribution in [3.63, 3.8) is 0 Å². The van der Waals surface area contributed by atoms with E-state index in [1.807, 2.05) is 0 Å². The van der Waals surface area contributed by atoms with Crippen molar-refractivity contribution in [2.75, 3.05) is 5.75 Å². The molecule has 3 rings (SSSR count). The van der Waals surface area contributed by atoms with Gasteiger partial charge >= 0.3 is 5.63 Å². The highest BCUT2D eigenvalue weighted by Crippen LogP contribution is 2.34. The Bertz CT molecular complexity index is 1020. The number of aromatic hydroxyl groups is 1. The minimum absolute atomic E-state index is 0.00448. The fourth-order valence-corrected chi connectivity index (χ4v) is 4.47. The number of aryl methyl sites for hydroxylation is 5. The quantitative estimate of drug-likeness (QED) is 0.481. The van der Waals surface area contributed by atoms with Crippen molar-refractivity contribution in [2.24, 2.45) is 0 Å². The van der Waals surface area contributed by atoms with E-state index in [0.717, 1.165) is 40.8 Å². The molecule has 3 aromatic rings. The third kappa shape index (κ3) is 4.94. The maximum absolute atomic E-state index is 12.8. The zero-order valence-corrected chi connectivity index (χ0v) is 18.4. The first kappa shape index (κ1) is 21.3. The van der Waals surface area contributed by atoms with E-state index in [2.05, 4.69) is 64.1 Å². The first-order valence-electron chi connectivity index (χ1n) is 10.1. The van der Waals surface area contributed by atoms with E-state index < -0.39 is 5.63 Å². The Hall–Kier alpha value is -2.46. The lowest BCUT2D eigenvalue weighted by molar-refractivity contribution is 0.430. The fraction of sp³-hybridized carbons (Fsp3) is 0.320. The van der Waals surface area contributed by atoms with Crippen molar-refractivity contribution >= 4 is 11.8 Å². The molecule has 0 saturated carbocycles. The smallest absolute Gasteiger partial charge is 0.347 e. The van der Waals surface area contributed by atoms with Gasteiger partial charge in [-0.05, 0) is 55.5 Å². The topological polar surface area (TPSA) is 50.4 Å². The van der Waals surface area contributed by atoms with Gasteiger partial charge in [0.2, 0.25) is 0 Å². The molecule has 0 radical (unpaired) electrons. The summed E-state index contributed by atoms with van der Waals surface area (Å²) in [5, 5.41) is 10.7. The molecule has 2 aromatic carbocycles. The summed E-state index contributed by atoms with van der Waals surface area (Å²) in [5.41, 5.74) is 5.17. The first-order chi connectivity index (χ1) is 13.9. The van der Waals surface area contributed by atoms with Gasteiger partial charge in [-0.25, -0.2) is 4.79 Å². The molecule has 0 saturated heterocycles. The Morgan fingerprint density at radius 2 is 1.52 bits per heavy atom. The van der Waals surface area contributed by atoms with Crippen LogP contribution in [0.4, 0.5) is 0 Å². The van der Waals surface area contributed by atoms with E-state index in [4.69, 9.17) is 4.42 Å². The lowest BCUT2D eigenvalue weighted by atomic mass is 9.90. The van der Waals surface area contributed by atoms with E-state index in [0.29, 0.717) is 12.2 Å². The van der Waals surface area contributed by atoms with Crippen molar-refractivity contribution in [3.8, 4) is 16.9 Å². The largest absolute Gasteiger partial charge is 0.507 e. The van der Waals surface area contributed by atoms with Gasteiger partial charge in [-0.15, -0.1) is 11.8 Å². The predicted octanol–water partition coefficient (Wildman–Crippen LogP) is 6.09. The zero-order valence-electron chi connectivity index (χ0n) is 17.5. The van der Waals surface area contributed by atoms with Crippen LogP contribution in [0.15, 0.2) is 56.6 Å². The van der Waals surface area contributed by atoms with Crippen LogP contribution in [0.3, 0.4) is 0 Å². The van der Waals surface area contributed by atoms with Crippen LogP contribution in [0, 0.1) is 13.8 Å². The second kappa shape index (κ2) is 9.36. The summed E-state index contributed by atoms with van der Waals surface area (Å²) in [7, 11) is 0. The monoisotopic (exact) mass is 408 g/mol. The van der Waals surface area contributed by atoms with E-state index in [1.165, 1.54) is 10.5 Å². The summed E-state index contributed by atoms with van der Waals surface area (Å²) in [6.07, 6.45) is 2.16. The maximum Gasteiger partial charge on any atom is 0.347 e. The molecule has 0 atom stereocenters. The van der Waals surface area contributed by atoms with Crippen molar-refractivity contribution in [1.82, 2.24) is 0 Å². The van der Waals surface area contributed by atoms with E-state index >= 15 is 0 Å². The molecule has 1 heterocycles. The number of rotatable bonds is 7. The van der Waals surface area contributed by atoms with Crippen LogP contribution in [-0.2, 0) is 19.3 Å². The SMILES string of the molecule is CCc1cc(C)cc(CC)c1-c1c(O)cc(CCSc2ccc(C)cc2)oc1=O. The minimum atomic E-state index is -0.464. The van der Waals surface area contributed by atoms with Crippen molar-refractivity contribution in [2.45, 2.75) is 51.9 Å². The van der Waals surface area contributed by atoms with Gasteiger partial charge in [0.15, 0.2) is 0 Å². The molecule has 152 valence electrons. The van der Waals surface area contributed by atoms with Crippen LogP contribution < -0.4 is 5.63 Å². The molecule has 0 amide bonds. The standard InChI is InChI=1S/C25H28O3S/c1-5-18-13-17(4)14-19(6-2)23(18)24-22(26)15-20(28-25(24)27)11-12-29-21-9-7-16(3)8-10-21/h7-10,13-15,26H,5-6,11-12H2,1-4H3. The van der Waals surface area contributed by atoms with Crippen LogP contribution >= 0.6 is 11.8 Å². The lowest BCUT2D eigenvalue weighted by Gasteiger charge is -2.15. The average Bonchev–Trinajstić information content (AvgIpc) is 2.69. The molecule has 0 aliphatic rings. The van der Waals surface area contributed by atoms with Gasteiger partial charge in [0.25, 0.3) is 0 Å². The third-order valence-electron chi connectivity index (χ3n) is 5.08. The zero-order chi connectivity index (χ0) is 21.0. The molecule has 0 fully saturated rings. The van der Waals surface area contributed by atoms with Crippen molar-refractivity contribution in [1.29, 1.82) is 0 Å². The van der Waals surface area contributed by atoms with Crippen molar-refractivity contribution < 1.29 is 9.52 Å². The number of thioether (sulfide) groups is 1. The first-order valence-corrected chi connectivity index (χ1v) is 11.1. The van der Waals surface area contributed by atoms with Gasteiger partial charge in [-0.1, -0.05) is 49.2 Å². The summed E-state index contributed by atoms with van der Waals surface area (Å²) in [6.45, 7) is 8.24. The second-order valence-corrected chi connectivity index (χ2v) is 8.51. The lowest BCUT2D eigenvalue weighted by Crippen LogP contribution is -2.09. The molecule has 0 bridgehead atoms. The van der Waals surface area contributed by atoms with Gasteiger partial charge in [0.05, 0.1) is 0 Å². The molecular formula is C25H28O3S. The van der Waals surface area contributed by atoms with Gasteiger partial charge in [-0.2, -0.15) is 0 Å². The van der Waals surface area contributed by atoms with E-state index in [-0.39, 0.29) is 11.3 Å². The molecule has 3 nitrogen and oxygen atoms in total. The molecule has 0 spiro atoms. The Kier molecular flexibility index (Phi) is 6.86. The van der Waals surface area contributed by atoms with E-state index in [9.17, 15) is 9.90 Å². The van der Waals surface area contributed by atoms with Crippen LogP contribution in [0.25, 0.3) is 11.1 Å². The number of hydrogen-bond donors (Lipinski definition) is 1. The summed E-state index contributed by atoms with van der Waals surface area (Å²) in [6, 6.07) is 14.1.